The van der Waals surface area contributed by atoms with Crippen LogP contribution in [0.2, 0.25) is 0 Å². The summed E-state index contributed by atoms with van der Waals surface area (Å²) in [6, 6.07) is 6.37. The van der Waals surface area contributed by atoms with Gasteiger partial charge >= 0.3 is 0 Å². The minimum Gasteiger partial charge on any atom is -0.357 e. The van der Waals surface area contributed by atoms with Gasteiger partial charge < -0.3 is 10.6 Å². The van der Waals surface area contributed by atoms with E-state index in [0.29, 0.717) is 25.6 Å². The van der Waals surface area contributed by atoms with Crippen LogP contribution in [0.4, 0.5) is 0 Å². The summed E-state index contributed by atoms with van der Waals surface area (Å²) in [5.41, 5.74) is 3.66. The maximum Gasteiger partial charge on any atom is 0.233 e. The molecule has 1 aromatic rings. The number of allylic oxidation sites excluding steroid dienone is 2. The van der Waals surface area contributed by atoms with Crippen molar-refractivity contribution >= 4 is 41.8 Å². The number of aliphatic imine (C=N–C) groups is 1. The second-order valence-corrected chi connectivity index (χ2v) is 8.38. The third-order valence-electron chi connectivity index (χ3n) is 6.44. The van der Waals surface area contributed by atoms with E-state index in [1.54, 1.807) is 0 Å². The molecule has 1 aliphatic heterocycles. The minimum atomic E-state index is -0.121. The SMILES string of the molecule is CCNC(=NCc1ccc(C)cc1C)NCCN1C(=O)C2C3C=CC(C3)C2C1=O.I. The van der Waals surface area contributed by atoms with Gasteiger partial charge in [0.1, 0.15) is 0 Å². The number of guanidine groups is 1. The summed E-state index contributed by atoms with van der Waals surface area (Å²) in [6.45, 7) is 8.42. The van der Waals surface area contributed by atoms with E-state index in [0.717, 1.165) is 13.0 Å². The quantitative estimate of drug-likeness (QED) is 0.198. The molecule has 4 rings (SSSR count). The van der Waals surface area contributed by atoms with Gasteiger partial charge in [0.25, 0.3) is 0 Å². The predicted octanol–water partition coefficient (Wildman–Crippen LogP) is 2.78. The third kappa shape index (κ3) is 4.26. The van der Waals surface area contributed by atoms with Crippen LogP contribution in [0.5, 0.6) is 0 Å². The van der Waals surface area contributed by atoms with Crippen LogP contribution in [0.1, 0.15) is 30.0 Å². The van der Waals surface area contributed by atoms with Gasteiger partial charge in [0.2, 0.25) is 11.8 Å². The Morgan fingerprint density at radius 3 is 2.37 bits per heavy atom. The number of imide groups is 1. The molecule has 0 radical (unpaired) electrons. The van der Waals surface area contributed by atoms with Crippen molar-refractivity contribution in [1.82, 2.24) is 15.5 Å². The lowest BCUT2D eigenvalue weighted by Gasteiger charge is -2.18. The Kier molecular flexibility index (Phi) is 7.21. The molecule has 4 atom stereocenters. The number of hydrogen-bond donors (Lipinski definition) is 2. The Hall–Kier alpha value is -1.90. The van der Waals surface area contributed by atoms with E-state index in [2.05, 4.69) is 59.8 Å². The Labute approximate surface area is 195 Å². The van der Waals surface area contributed by atoms with Crippen molar-refractivity contribution in [2.24, 2.45) is 28.7 Å². The van der Waals surface area contributed by atoms with Gasteiger partial charge in [-0.25, -0.2) is 4.99 Å². The fourth-order valence-electron chi connectivity index (χ4n) is 5.00. The number of fused-ring (bicyclic) bond motifs is 5. The number of carbonyl (C=O) groups excluding carboxylic acids is 2. The van der Waals surface area contributed by atoms with Crippen molar-refractivity contribution in [3.8, 4) is 0 Å². The minimum absolute atomic E-state index is 0. The molecule has 1 heterocycles. The Morgan fingerprint density at radius 1 is 1.10 bits per heavy atom. The smallest absolute Gasteiger partial charge is 0.233 e. The molecule has 30 heavy (non-hydrogen) atoms. The average molecular weight is 522 g/mol. The first-order valence-electron chi connectivity index (χ1n) is 10.6. The fraction of sp³-hybridized carbons (Fsp3) is 0.522. The molecule has 2 fully saturated rings. The van der Waals surface area contributed by atoms with Crippen LogP contribution >= 0.6 is 24.0 Å². The van der Waals surface area contributed by atoms with Crippen LogP contribution in [0.3, 0.4) is 0 Å². The number of benzene rings is 1. The molecule has 7 heteroatoms. The summed E-state index contributed by atoms with van der Waals surface area (Å²) in [5, 5.41) is 6.51. The first-order chi connectivity index (χ1) is 14.0. The van der Waals surface area contributed by atoms with Crippen molar-refractivity contribution in [1.29, 1.82) is 0 Å². The third-order valence-corrected chi connectivity index (χ3v) is 6.44. The maximum atomic E-state index is 12.8. The largest absolute Gasteiger partial charge is 0.357 e. The Morgan fingerprint density at radius 2 is 1.77 bits per heavy atom. The number of likely N-dealkylation sites (tertiary alicyclic amines) is 1. The lowest BCUT2D eigenvalue weighted by molar-refractivity contribution is -0.140. The van der Waals surface area contributed by atoms with E-state index in [4.69, 9.17) is 0 Å². The first-order valence-corrected chi connectivity index (χ1v) is 10.6. The number of hydrogen-bond acceptors (Lipinski definition) is 3. The van der Waals surface area contributed by atoms with E-state index in [9.17, 15) is 9.59 Å². The number of halogens is 1. The van der Waals surface area contributed by atoms with Gasteiger partial charge in [-0.15, -0.1) is 24.0 Å². The van der Waals surface area contributed by atoms with Crippen molar-refractivity contribution in [2.45, 2.75) is 33.7 Å². The highest BCUT2D eigenvalue weighted by Gasteiger charge is 2.58. The average Bonchev–Trinajstić information content (AvgIpc) is 3.36. The van der Waals surface area contributed by atoms with Crippen LogP contribution in [0.25, 0.3) is 0 Å². The van der Waals surface area contributed by atoms with Crippen LogP contribution < -0.4 is 10.6 Å². The summed E-state index contributed by atoms with van der Waals surface area (Å²) in [6.07, 6.45) is 5.22. The zero-order chi connectivity index (χ0) is 20.5. The number of amides is 2. The van der Waals surface area contributed by atoms with Gasteiger partial charge in [0.05, 0.1) is 18.4 Å². The molecule has 1 aromatic carbocycles. The molecule has 0 spiro atoms. The van der Waals surface area contributed by atoms with Gasteiger partial charge in [-0.3, -0.25) is 14.5 Å². The number of carbonyl (C=O) groups is 2. The number of nitrogens with zero attached hydrogens (tertiary/aromatic N) is 2. The highest BCUT2D eigenvalue weighted by atomic mass is 127. The normalized spacial score (nSPS) is 26.8. The molecule has 0 aromatic heterocycles. The molecule has 2 aliphatic carbocycles. The van der Waals surface area contributed by atoms with Gasteiger partial charge in [0.15, 0.2) is 5.96 Å². The zero-order valence-electron chi connectivity index (χ0n) is 17.9. The van der Waals surface area contributed by atoms with Crippen LogP contribution in [0, 0.1) is 37.5 Å². The van der Waals surface area contributed by atoms with Gasteiger partial charge in [-0.1, -0.05) is 35.9 Å². The van der Waals surface area contributed by atoms with Crippen molar-refractivity contribution in [3.05, 3.63) is 47.0 Å². The highest BCUT2D eigenvalue weighted by Crippen LogP contribution is 2.52. The van der Waals surface area contributed by atoms with E-state index in [1.165, 1.54) is 21.6 Å². The molecule has 6 nitrogen and oxygen atoms in total. The fourth-order valence-corrected chi connectivity index (χ4v) is 5.00. The number of rotatable bonds is 6. The molecule has 3 aliphatic rings. The number of aryl methyl sites for hydroxylation is 2. The molecular formula is C23H31IN4O2. The van der Waals surface area contributed by atoms with Crippen LogP contribution in [-0.4, -0.2) is 42.3 Å². The summed E-state index contributed by atoms with van der Waals surface area (Å²) < 4.78 is 0. The van der Waals surface area contributed by atoms with E-state index >= 15 is 0 Å². The standard InChI is InChI=1S/C23H30N4O2.HI/c1-4-24-23(26-13-18-6-5-14(2)11-15(18)3)25-9-10-27-21(28)19-16-7-8-17(12-16)20(19)22(27)29;/h5-8,11,16-17,19-20H,4,9-10,12-13H2,1-3H3,(H2,24,25,26);1H. The molecule has 1 saturated heterocycles. The summed E-state index contributed by atoms with van der Waals surface area (Å²) in [5.74, 6) is 1.00. The molecule has 2 bridgehead atoms. The molecule has 2 N–H and O–H groups in total. The Balaban J connectivity index is 0.00000256. The lowest BCUT2D eigenvalue weighted by atomic mass is 9.85. The second-order valence-electron chi connectivity index (χ2n) is 8.38. The highest BCUT2D eigenvalue weighted by molar-refractivity contribution is 14.0. The lowest BCUT2D eigenvalue weighted by Crippen LogP contribution is -2.43. The molecular weight excluding hydrogens is 491 g/mol. The van der Waals surface area contributed by atoms with Crippen LogP contribution in [0.15, 0.2) is 35.3 Å². The van der Waals surface area contributed by atoms with E-state index < -0.39 is 0 Å². The second kappa shape index (κ2) is 9.49. The van der Waals surface area contributed by atoms with Crippen molar-refractivity contribution < 1.29 is 9.59 Å². The van der Waals surface area contributed by atoms with Crippen LogP contribution in [-0.2, 0) is 16.1 Å². The molecule has 4 unspecified atom stereocenters. The summed E-state index contributed by atoms with van der Waals surface area (Å²) >= 11 is 0. The van der Waals surface area contributed by atoms with Gasteiger partial charge in [-0.05, 0) is 50.2 Å². The molecule has 1 saturated carbocycles. The van der Waals surface area contributed by atoms with Gasteiger partial charge in [0, 0.05) is 19.6 Å². The Bertz CT molecular complexity index is 852. The molecule has 2 amide bonds. The summed E-state index contributed by atoms with van der Waals surface area (Å²) in [4.78, 5) is 31.6. The van der Waals surface area contributed by atoms with Crippen molar-refractivity contribution in [2.75, 3.05) is 19.6 Å². The number of nitrogens with one attached hydrogen (secondary N) is 2. The van der Waals surface area contributed by atoms with E-state index in [1.807, 2.05) is 6.92 Å². The first kappa shape index (κ1) is 22.8. The summed E-state index contributed by atoms with van der Waals surface area (Å²) in [7, 11) is 0. The van der Waals surface area contributed by atoms with Crippen molar-refractivity contribution in [3.63, 3.8) is 0 Å². The zero-order valence-corrected chi connectivity index (χ0v) is 20.2. The predicted molar refractivity (Wildman–Crippen MR) is 129 cm³/mol. The monoisotopic (exact) mass is 522 g/mol. The topological polar surface area (TPSA) is 73.8 Å². The molecule has 162 valence electrons. The van der Waals surface area contributed by atoms with Gasteiger partial charge in [-0.2, -0.15) is 0 Å². The van der Waals surface area contributed by atoms with E-state index in [-0.39, 0.29) is 59.5 Å². The maximum absolute atomic E-state index is 12.8.